The highest BCUT2D eigenvalue weighted by atomic mass is 35.5. The van der Waals surface area contributed by atoms with Crippen molar-refractivity contribution in [2.24, 2.45) is 0 Å². The molecule has 0 bridgehead atoms. The minimum absolute atomic E-state index is 0.00758. The maximum absolute atomic E-state index is 13.6. The fourth-order valence-electron chi connectivity index (χ4n) is 3.37. The summed E-state index contributed by atoms with van der Waals surface area (Å²) in [6, 6.07) is 14.0. The van der Waals surface area contributed by atoms with Crippen molar-refractivity contribution in [2.45, 2.75) is 24.1 Å². The summed E-state index contributed by atoms with van der Waals surface area (Å²) in [5.74, 6) is 0.191. The Morgan fingerprint density at radius 2 is 1.76 bits per heavy atom. The van der Waals surface area contributed by atoms with Gasteiger partial charge in [-0.15, -0.1) is 0 Å². The van der Waals surface area contributed by atoms with Gasteiger partial charge >= 0.3 is 6.18 Å². The SMILES string of the molecule is Cc1ccc(S(=O)(=O)OC[C@H]2COc3ccc(Cl)c(-c4ccccc4C(F)(F)F)c3O2)cc1. The smallest absolute Gasteiger partial charge is 0.417 e. The number of halogens is 4. The molecule has 0 amide bonds. The van der Waals surface area contributed by atoms with Gasteiger partial charge < -0.3 is 9.47 Å². The van der Waals surface area contributed by atoms with E-state index in [1.165, 1.54) is 42.5 Å². The molecule has 0 fully saturated rings. The molecule has 0 radical (unpaired) electrons. The molecule has 3 aromatic rings. The number of benzene rings is 3. The number of fused-ring (bicyclic) bond motifs is 1. The van der Waals surface area contributed by atoms with Crippen molar-refractivity contribution in [1.29, 1.82) is 0 Å². The van der Waals surface area contributed by atoms with E-state index in [2.05, 4.69) is 0 Å². The van der Waals surface area contributed by atoms with Crippen LogP contribution >= 0.6 is 11.6 Å². The Kier molecular flexibility index (Phi) is 6.30. The topological polar surface area (TPSA) is 61.8 Å². The number of alkyl halides is 3. The third kappa shape index (κ3) is 4.95. The third-order valence-electron chi connectivity index (χ3n) is 5.00. The van der Waals surface area contributed by atoms with Crippen molar-refractivity contribution in [2.75, 3.05) is 13.2 Å². The summed E-state index contributed by atoms with van der Waals surface area (Å²) in [4.78, 5) is -0.0203. The first kappa shape index (κ1) is 23.4. The van der Waals surface area contributed by atoms with Crippen molar-refractivity contribution in [3.63, 3.8) is 0 Å². The number of hydrogen-bond donors (Lipinski definition) is 0. The van der Waals surface area contributed by atoms with Crippen LogP contribution in [0.5, 0.6) is 11.5 Å². The molecule has 1 heterocycles. The van der Waals surface area contributed by atoms with Crippen LogP contribution in [0.15, 0.2) is 65.6 Å². The average molecular weight is 499 g/mol. The predicted molar refractivity (Wildman–Crippen MR) is 116 cm³/mol. The molecule has 1 aliphatic heterocycles. The van der Waals surface area contributed by atoms with E-state index in [1.807, 2.05) is 6.92 Å². The minimum Gasteiger partial charge on any atom is -0.486 e. The lowest BCUT2D eigenvalue weighted by Crippen LogP contribution is -2.34. The first-order chi connectivity index (χ1) is 15.6. The normalized spacial score (nSPS) is 16.0. The number of rotatable bonds is 5. The Morgan fingerprint density at radius 1 is 1.06 bits per heavy atom. The quantitative estimate of drug-likeness (QED) is 0.411. The van der Waals surface area contributed by atoms with Crippen molar-refractivity contribution in [3.8, 4) is 22.6 Å². The summed E-state index contributed by atoms with van der Waals surface area (Å²) >= 11 is 6.28. The molecule has 1 atom stereocenters. The summed E-state index contributed by atoms with van der Waals surface area (Å²) < 4.78 is 82.4. The first-order valence-electron chi connectivity index (χ1n) is 9.81. The molecule has 33 heavy (non-hydrogen) atoms. The Morgan fingerprint density at radius 3 is 2.45 bits per heavy atom. The molecule has 0 aromatic heterocycles. The third-order valence-corrected chi connectivity index (χ3v) is 6.61. The molecular weight excluding hydrogens is 481 g/mol. The van der Waals surface area contributed by atoms with Crippen molar-refractivity contribution in [1.82, 2.24) is 0 Å². The second-order valence-electron chi connectivity index (χ2n) is 7.40. The van der Waals surface area contributed by atoms with Crippen LogP contribution < -0.4 is 9.47 Å². The summed E-state index contributed by atoms with van der Waals surface area (Å²) in [6.07, 6.45) is -5.52. The van der Waals surface area contributed by atoms with E-state index < -0.39 is 34.6 Å². The lowest BCUT2D eigenvalue weighted by molar-refractivity contribution is -0.137. The van der Waals surface area contributed by atoms with Gasteiger partial charge in [-0.3, -0.25) is 4.18 Å². The van der Waals surface area contributed by atoms with Crippen LogP contribution in [0.25, 0.3) is 11.1 Å². The second-order valence-corrected chi connectivity index (χ2v) is 9.42. The zero-order chi connectivity index (χ0) is 23.8. The average Bonchev–Trinajstić information content (AvgIpc) is 2.77. The first-order valence-corrected chi connectivity index (χ1v) is 11.6. The van der Waals surface area contributed by atoms with E-state index in [0.717, 1.165) is 11.6 Å². The Hall–Kier alpha value is -2.75. The largest absolute Gasteiger partial charge is 0.486 e. The standard InChI is InChI=1S/C23H18ClF3O5S/c1-14-6-8-16(9-7-14)33(28,29)31-13-15-12-30-20-11-10-19(24)21(22(20)32-15)17-4-2-3-5-18(17)23(25,26)27/h2-11,15H,12-13H2,1H3/t15-/m1/s1. The van der Waals surface area contributed by atoms with Crippen LogP contribution in [-0.2, 0) is 20.5 Å². The highest BCUT2D eigenvalue weighted by Crippen LogP contribution is 2.48. The number of aryl methyl sites for hydroxylation is 1. The predicted octanol–water partition coefficient (Wildman–Crippen LogP) is 5.88. The lowest BCUT2D eigenvalue weighted by Gasteiger charge is -2.29. The summed E-state index contributed by atoms with van der Waals surface area (Å²) in [6.45, 7) is 1.36. The molecule has 10 heteroatoms. The van der Waals surface area contributed by atoms with Crippen LogP contribution in [0, 0.1) is 6.92 Å². The number of ether oxygens (including phenoxy) is 2. The second kappa shape index (κ2) is 8.89. The molecule has 0 spiro atoms. The molecule has 0 saturated carbocycles. The van der Waals surface area contributed by atoms with Gasteiger partial charge in [0, 0.05) is 5.56 Å². The zero-order valence-corrected chi connectivity index (χ0v) is 18.8. The minimum atomic E-state index is -4.62. The Bertz CT molecular complexity index is 1270. The van der Waals surface area contributed by atoms with Gasteiger partial charge in [-0.2, -0.15) is 21.6 Å². The molecule has 0 unspecified atom stereocenters. The van der Waals surface area contributed by atoms with E-state index in [9.17, 15) is 21.6 Å². The van der Waals surface area contributed by atoms with Crippen LogP contribution in [0.4, 0.5) is 13.2 Å². The van der Waals surface area contributed by atoms with Crippen LogP contribution in [-0.4, -0.2) is 27.7 Å². The summed E-state index contributed by atoms with van der Waals surface area (Å²) in [7, 11) is -4.06. The van der Waals surface area contributed by atoms with E-state index in [0.29, 0.717) is 0 Å². The fourth-order valence-corrected chi connectivity index (χ4v) is 4.56. The highest BCUT2D eigenvalue weighted by molar-refractivity contribution is 7.86. The molecule has 3 aromatic carbocycles. The molecule has 1 aliphatic rings. The molecule has 4 rings (SSSR count). The van der Waals surface area contributed by atoms with E-state index in [4.69, 9.17) is 25.3 Å². The Balaban J connectivity index is 1.62. The summed E-state index contributed by atoms with van der Waals surface area (Å²) in [5.41, 5.74) is -0.167. The monoisotopic (exact) mass is 498 g/mol. The summed E-state index contributed by atoms with van der Waals surface area (Å²) in [5, 5.41) is 0.0305. The maximum Gasteiger partial charge on any atom is 0.417 e. The maximum atomic E-state index is 13.6. The van der Waals surface area contributed by atoms with Gasteiger partial charge in [-0.05, 0) is 42.8 Å². The van der Waals surface area contributed by atoms with Gasteiger partial charge in [0.2, 0.25) is 0 Å². The molecule has 5 nitrogen and oxygen atoms in total. The van der Waals surface area contributed by atoms with Crippen LogP contribution in [0.1, 0.15) is 11.1 Å². The van der Waals surface area contributed by atoms with E-state index >= 15 is 0 Å². The molecule has 0 N–H and O–H groups in total. The fraction of sp³-hybridized carbons (Fsp3) is 0.217. The van der Waals surface area contributed by atoms with Crippen LogP contribution in [0.2, 0.25) is 5.02 Å². The zero-order valence-electron chi connectivity index (χ0n) is 17.2. The van der Waals surface area contributed by atoms with E-state index in [1.54, 1.807) is 12.1 Å². The van der Waals surface area contributed by atoms with Crippen molar-refractivity contribution in [3.05, 3.63) is 76.8 Å². The van der Waals surface area contributed by atoms with Gasteiger partial charge in [-0.1, -0.05) is 47.5 Å². The molecular formula is C23H18ClF3O5S. The molecule has 0 aliphatic carbocycles. The number of hydrogen-bond acceptors (Lipinski definition) is 5. The lowest BCUT2D eigenvalue weighted by atomic mass is 9.97. The van der Waals surface area contributed by atoms with Crippen LogP contribution in [0.3, 0.4) is 0 Å². The van der Waals surface area contributed by atoms with E-state index in [-0.39, 0.29) is 39.2 Å². The van der Waals surface area contributed by atoms with Crippen molar-refractivity contribution >= 4 is 21.7 Å². The van der Waals surface area contributed by atoms with Gasteiger partial charge in [-0.25, -0.2) is 0 Å². The highest BCUT2D eigenvalue weighted by Gasteiger charge is 2.36. The Labute approximate surface area is 193 Å². The van der Waals surface area contributed by atoms with Crippen molar-refractivity contribution < 1.29 is 35.2 Å². The molecule has 0 saturated heterocycles. The van der Waals surface area contributed by atoms with Gasteiger partial charge in [0.15, 0.2) is 17.6 Å². The molecule has 174 valence electrons. The van der Waals surface area contributed by atoms with Gasteiger partial charge in [0.25, 0.3) is 10.1 Å². The van der Waals surface area contributed by atoms with Gasteiger partial charge in [0.1, 0.15) is 13.2 Å². The van der Waals surface area contributed by atoms with Gasteiger partial charge in [0.05, 0.1) is 15.5 Å².